The van der Waals surface area contributed by atoms with Gasteiger partial charge in [-0.15, -0.1) is 0 Å². The van der Waals surface area contributed by atoms with Crippen LogP contribution >= 0.6 is 0 Å². The maximum atomic E-state index is 13.1. The Balaban J connectivity index is 1.35. The van der Waals surface area contributed by atoms with Gasteiger partial charge in [-0.05, 0) is 48.0 Å². The first-order valence-corrected chi connectivity index (χ1v) is 12.6. The molecule has 1 atom stereocenters. The number of aromatic nitrogens is 3. The summed E-state index contributed by atoms with van der Waals surface area (Å²) in [5.74, 6) is 0.368. The second-order valence-electron chi connectivity index (χ2n) is 8.49. The molecular weight excluding hydrogens is 464 g/mol. The second-order valence-corrected chi connectivity index (χ2v) is 10.3. The third kappa shape index (κ3) is 4.91. The molecule has 1 aliphatic heterocycles. The fraction of sp³-hybridized carbons (Fsp3) is 0.160. The molecular formula is C25H24N6O3S. The predicted octanol–water partition coefficient (Wildman–Crippen LogP) is 3.75. The van der Waals surface area contributed by atoms with Gasteiger partial charge in [-0.25, -0.2) is 23.1 Å². The van der Waals surface area contributed by atoms with Crippen molar-refractivity contribution in [1.29, 1.82) is 0 Å². The molecule has 2 aromatic carbocycles. The second kappa shape index (κ2) is 9.16. The first-order chi connectivity index (χ1) is 16.8. The number of sulfonamides is 1. The van der Waals surface area contributed by atoms with Crippen molar-refractivity contribution in [2.75, 3.05) is 18.9 Å². The number of likely N-dealkylation sites (N-methyl/N-ethyl adjacent to an activating group) is 1. The van der Waals surface area contributed by atoms with Gasteiger partial charge in [0, 0.05) is 48.9 Å². The van der Waals surface area contributed by atoms with Crippen LogP contribution in [0.25, 0.3) is 11.3 Å². The van der Waals surface area contributed by atoms with Gasteiger partial charge in [-0.3, -0.25) is 4.98 Å². The molecule has 35 heavy (non-hydrogen) atoms. The van der Waals surface area contributed by atoms with Crippen molar-refractivity contribution in [3.8, 4) is 11.3 Å². The third-order valence-electron chi connectivity index (χ3n) is 5.98. The van der Waals surface area contributed by atoms with E-state index in [1.807, 2.05) is 24.3 Å². The van der Waals surface area contributed by atoms with E-state index >= 15 is 0 Å². The highest BCUT2D eigenvalue weighted by atomic mass is 32.2. The Morgan fingerprint density at radius 3 is 2.54 bits per heavy atom. The molecule has 0 fully saturated rings. The fourth-order valence-corrected chi connectivity index (χ4v) is 5.05. The summed E-state index contributed by atoms with van der Waals surface area (Å²) in [6.45, 7) is 0.585. The van der Waals surface area contributed by atoms with Crippen LogP contribution in [0.4, 0.5) is 17.3 Å². The van der Waals surface area contributed by atoms with Crippen molar-refractivity contribution >= 4 is 27.3 Å². The Bertz CT molecular complexity index is 1460. The van der Waals surface area contributed by atoms with Crippen molar-refractivity contribution in [2.24, 2.45) is 0 Å². The van der Waals surface area contributed by atoms with E-state index in [1.165, 1.54) is 12.1 Å². The number of hydrogen-bond acceptors (Lipinski definition) is 7. The van der Waals surface area contributed by atoms with E-state index < -0.39 is 14.7 Å². The molecule has 9 nitrogen and oxygen atoms in total. The highest BCUT2D eigenvalue weighted by Crippen LogP contribution is 2.38. The molecule has 0 saturated heterocycles. The maximum Gasteiger partial charge on any atom is 0.240 e. The molecule has 178 valence electrons. The highest BCUT2D eigenvalue weighted by molar-refractivity contribution is 7.89. The highest BCUT2D eigenvalue weighted by Gasteiger charge is 2.27. The van der Waals surface area contributed by atoms with Gasteiger partial charge in [0.05, 0.1) is 29.7 Å². The topological polar surface area (TPSA) is 120 Å². The van der Waals surface area contributed by atoms with E-state index in [0.717, 1.165) is 22.4 Å². The molecule has 0 saturated carbocycles. The zero-order valence-corrected chi connectivity index (χ0v) is 19.9. The van der Waals surface area contributed by atoms with Crippen molar-refractivity contribution < 1.29 is 8.42 Å². The van der Waals surface area contributed by atoms with Crippen LogP contribution in [0.2, 0.25) is 0 Å². The van der Waals surface area contributed by atoms with E-state index in [-0.39, 0.29) is 11.4 Å². The Kier molecular flexibility index (Phi) is 6.03. The van der Waals surface area contributed by atoms with E-state index in [1.54, 1.807) is 49.9 Å². The number of anilines is 2. The number of quaternary nitrogens is 1. The van der Waals surface area contributed by atoms with E-state index in [4.69, 9.17) is 4.98 Å². The lowest BCUT2D eigenvalue weighted by Gasteiger charge is -2.37. The molecule has 4 aromatic rings. The number of rotatable bonds is 6. The monoisotopic (exact) mass is 488 g/mol. The van der Waals surface area contributed by atoms with Crippen LogP contribution in [0.3, 0.4) is 0 Å². The summed E-state index contributed by atoms with van der Waals surface area (Å²) in [5.41, 5.74) is 4.58. The minimum absolute atomic E-state index is 0.154. The Morgan fingerprint density at radius 1 is 1.03 bits per heavy atom. The zero-order chi connectivity index (χ0) is 24.5. The number of fused-ring (bicyclic) bond motifs is 3. The minimum atomic E-state index is -3.67. The van der Waals surface area contributed by atoms with Crippen LogP contribution in [0.15, 0.2) is 84.1 Å². The van der Waals surface area contributed by atoms with Crippen molar-refractivity contribution in [3.05, 3.63) is 95.6 Å². The average molecular weight is 489 g/mol. The standard InChI is InChI=1S/C25H24N6O3S/c1-31(32)15-12-19-17-27-25(30-24(19)22-4-2-3-5-23(22)31)29-20-6-8-21(9-7-20)35(33,34)28-16-18-10-13-26-14-11-18/h2-11,13-14,17,28H,12,15-16H2,1H3,(H,27,29,30). The SMILES string of the molecule is C[N+]1([O-])CCc2cnc(Nc3ccc(S(=O)(=O)NCc4ccncc4)cc3)nc2-c2ccccc21. The number of para-hydroxylation sites is 1. The Labute approximate surface area is 203 Å². The van der Waals surface area contributed by atoms with Crippen LogP contribution in [0.5, 0.6) is 0 Å². The first kappa shape index (κ1) is 23.1. The quantitative estimate of drug-likeness (QED) is 0.313. The zero-order valence-electron chi connectivity index (χ0n) is 19.0. The van der Waals surface area contributed by atoms with Crippen LogP contribution in [-0.2, 0) is 23.0 Å². The largest absolute Gasteiger partial charge is 0.628 e. The Hall–Kier alpha value is -3.70. The molecule has 0 radical (unpaired) electrons. The summed E-state index contributed by atoms with van der Waals surface area (Å²) in [5, 5.41) is 16.2. The molecule has 10 heteroatoms. The number of nitrogens with one attached hydrogen (secondary N) is 2. The molecule has 2 aromatic heterocycles. The normalized spacial score (nSPS) is 17.2. The molecule has 0 amide bonds. The molecule has 0 bridgehead atoms. The molecule has 0 aliphatic carbocycles. The van der Waals surface area contributed by atoms with Crippen molar-refractivity contribution in [2.45, 2.75) is 17.9 Å². The number of pyridine rings is 1. The van der Waals surface area contributed by atoms with Gasteiger partial charge in [0.1, 0.15) is 5.69 Å². The number of nitrogens with zero attached hydrogens (tertiary/aromatic N) is 4. The maximum absolute atomic E-state index is 13.1. The summed E-state index contributed by atoms with van der Waals surface area (Å²) >= 11 is 0. The van der Waals surface area contributed by atoms with Gasteiger partial charge in [0.25, 0.3) is 0 Å². The molecule has 3 heterocycles. The lowest BCUT2D eigenvalue weighted by atomic mass is 10.1. The van der Waals surface area contributed by atoms with E-state index in [2.05, 4.69) is 20.0 Å². The number of hydrogen-bond donors (Lipinski definition) is 2. The number of hydroxylamine groups is 2. The minimum Gasteiger partial charge on any atom is -0.628 e. The van der Waals surface area contributed by atoms with Gasteiger partial charge in [0.15, 0.2) is 0 Å². The van der Waals surface area contributed by atoms with Gasteiger partial charge >= 0.3 is 0 Å². The molecule has 1 unspecified atom stereocenters. The molecule has 5 rings (SSSR count). The lowest BCUT2D eigenvalue weighted by Crippen LogP contribution is -2.39. The van der Waals surface area contributed by atoms with Gasteiger partial charge in [0.2, 0.25) is 16.0 Å². The predicted molar refractivity (Wildman–Crippen MR) is 135 cm³/mol. The van der Waals surface area contributed by atoms with Crippen LogP contribution < -0.4 is 14.7 Å². The summed E-state index contributed by atoms with van der Waals surface area (Å²) in [7, 11) is -2.02. The molecule has 1 aliphatic rings. The third-order valence-corrected chi connectivity index (χ3v) is 7.39. The Morgan fingerprint density at radius 2 is 1.77 bits per heavy atom. The van der Waals surface area contributed by atoms with E-state index in [0.29, 0.717) is 30.3 Å². The molecule has 0 spiro atoms. The molecule has 2 N–H and O–H groups in total. The fourth-order valence-electron chi connectivity index (χ4n) is 4.03. The smallest absolute Gasteiger partial charge is 0.240 e. The van der Waals surface area contributed by atoms with Crippen molar-refractivity contribution in [3.63, 3.8) is 0 Å². The lowest BCUT2D eigenvalue weighted by molar-refractivity contribution is 0.453. The van der Waals surface area contributed by atoms with Gasteiger partial charge in [-0.2, -0.15) is 0 Å². The van der Waals surface area contributed by atoms with Crippen LogP contribution in [-0.4, -0.2) is 37.0 Å². The van der Waals surface area contributed by atoms with E-state index in [9.17, 15) is 13.6 Å². The average Bonchev–Trinajstić information content (AvgIpc) is 2.98. The summed E-state index contributed by atoms with van der Waals surface area (Å²) in [4.78, 5) is 13.2. The van der Waals surface area contributed by atoms with Gasteiger partial charge in [-0.1, -0.05) is 12.1 Å². The number of benzene rings is 2. The first-order valence-electron chi connectivity index (χ1n) is 11.1. The summed E-state index contributed by atoms with van der Waals surface area (Å²) in [6.07, 6.45) is 5.55. The summed E-state index contributed by atoms with van der Waals surface area (Å²) < 4.78 is 27.4. The van der Waals surface area contributed by atoms with Crippen molar-refractivity contribution in [1.82, 2.24) is 24.3 Å². The summed E-state index contributed by atoms with van der Waals surface area (Å²) in [6, 6.07) is 17.4. The van der Waals surface area contributed by atoms with Crippen LogP contribution in [0.1, 0.15) is 11.1 Å². The van der Waals surface area contributed by atoms with Crippen LogP contribution in [0, 0.1) is 5.21 Å². The van der Waals surface area contributed by atoms with Gasteiger partial charge < -0.3 is 15.2 Å².